The van der Waals surface area contributed by atoms with Gasteiger partial charge in [-0.15, -0.1) is 0 Å². The van der Waals surface area contributed by atoms with Gasteiger partial charge >= 0.3 is 0 Å². The second-order valence-corrected chi connectivity index (χ2v) is 6.38. The van der Waals surface area contributed by atoms with E-state index in [0.717, 1.165) is 30.4 Å². The standard InChI is InChI=1S/C14H19NO3S/c1-2-19(16,17)15-11-10-14(9-6-12-18-14)13-7-4-3-5-8-13/h2-5,7-8,15H,1,6,9-12H2. The van der Waals surface area contributed by atoms with Crippen molar-refractivity contribution in [3.63, 3.8) is 0 Å². The quantitative estimate of drug-likeness (QED) is 0.869. The smallest absolute Gasteiger partial charge is 0.233 e. The van der Waals surface area contributed by atoms with Crippen LogP contribution in [0.15, 0.2) is 42.3 Å². The molecule has 0 radical (unpaired) electrons. The number of hydrogen-bond donors (Lipinski definition) is 1. The molecular formula is C14H19NO3S. The van der Waals surface area contributed by atoms with Gasteiger partial charge in [-0.05, 0) is 24.8 Å². The molecule has 1 N–H and O–H groups in total. The van der Waals surface area contributed by atoms with Crippen LogP contribution in [-0.2, 0) is 20.4 Å². The fourth-order valence-electron chi connectivity index (χ4n) is 2.46. The molecule has 2 rings (SSSR count). The van der Waals surface area contributed by atoms with Crippen LogP contribution in [0.1, 0.15) is 24.8 Å². The van der Waals surface area contributed by atoms with Gasteiger partial charge in [0.15, 0.2) is 0 Å². The molecule has 4 nitrogen and oxygen atoms in total. The molecule has 5 heteroatoms. The number of rotatable bonds is 6. The molecule has 1 aromatic rings. The molecule has 1 fully saturated rings. The molecule has 1 atom stereocenters. The van der Waals surface area contributed by atoms with E-state index in [-0.39, 0.29) is 5.60 Å². The summed E-state index contributed by atoms with van der Waals surface area (Å²) in [5.74, 6) is 0. The van der Waals surface area contributed by atoms with E-state index >= 15 is 0 Å². The Balaban J connectivity index is 2.07. The van der Waals surface area contributed by atoms with Crippen molar-refractivity contribution in [3.05, 3.63) is 47.9 Å². The van der Waals surface area contributed by atoms with Gasteiger partial charge < -0.3 is 4.74 Å². The predicted molar refractivity (Wildman–Crippen MR) is 75.0 cm³/mol. The van der Waals surface area contributed by atoms with Crippen LogP contribution < -0.4 is 4.72 Å². The minimum Gasteiger partial charge on any atom is -0.370 e. The fraction of sp³-hybridized carbons (Fsp3) is 0.429. The SMILES string of the molecule is C=CS(=O)(=O)NCCC1(c2ccccc2)CCCO1. The van der Waals surface area contributed by atoms with E-state index in [4.69, 9.17) is 4.74 Å². The Morgan fingerprint density at radius 2 is 2.11 bits per heavy atom. The summed E-state index contributed by atoms with van der Waals surface area (Å²) in [6.07, 6.45) is 2.56. The maximum Gasteiger partial charge on any atom is 0.233 e. The molecule has 19 heavy (non-hydrogen) atoms. The molecule has 0 aromatic heterocycles. The third kappa shape index (κ3) is 3.43. The Labute approximate surface area is 114 Å². The van der Waals surface area contributed by atoms with E-state index in [1.165, 1.54) is 0 Å². The predicted octanol–water partition coefficient (Wildman–Crippen LogP) is 2.15. The Kier molecular flexibility index (Phi) is 4.39. The van der Waals surface area contributed by atoms with Crippen molar-refractivity contribution >= 4 is 10.0 Å². The van der Waals surface area contributed by atoms with Crippen molar-refractivity contribution in [2.75, 3.05) is 13.2 Å². The van der Waals surface area contributed by atoms with Gasteiger partial charge in [-0.3, -0.25) is 0 Å². The lowest BCUT2D eigenvalue weighted by atomic mass is 9.88. The van der Waals surface area contributed by atoms with Crippen molar-refractivity contribution in [2.45, 2.75) is 24.9 Å². The van der Waals surface area contributed by atoms with Gasteiger partial charge in [0.05, 0.1) is 5.60 Å². The molecule has 1 unspecified atom stereocenters. The van der Waals surface area contributed by atoms with E-state index < -0.39 is 10.0 Å². The maximum atomic E-state index is 11.3. The number of ether oxygens (including phenoxy) is 1. The van der Waals surface area contributed by atoms with Gasteiger partial charge in [-0.25, -0.2) is 13.1 Å². The van der Waals surface area contributed by atoms with Crippen molar-refractivity contribution in [1.29, 1.82) is 0 Å². The molecule has 0 saturated carbocycles. The summed E-state index contributed by atoms with van der Waals surface area (Å²) in [5.41, 5.74) is 0.760. The highest BCUT2D eigenvalue weighted by Crippen LogP contribution is 2.38. The zero-order valence-electron chi connectivity index (χ0n) is 10.8. The van der Waals surface area contributed by atoms with Crippen LogP contribution >= 0.6 is 0 Å². The lowest BCUT2D eigenvalue weighted by Gasteiger charge is -2.29. The highest BCUT2D eigenvalue weighted by Gasteiger charge is 2.36. The Bertz CT molecular complexity index is 519. The first-order valence-electron chi connectivity index (χ1n) is 6.40. The first kappa shape index (κ1) is 14.2. The van der Waals surface area contributed by atoms with Gasteiger partial charge in [0.1, 0.15) is 0 Å². The van der Waals surface area contributed by atoms with Gasteiger partial charge in [0.2, 0.25) is 10.0 Å². The lowest BCUT2D eigenvalue weighted by molar-refractivity contribution is -0.00572. The summed E-state index contributed by atoms with van der Waals surface area (Å²) in [5, 5.41) is 0.928. The van der Waals surface area contributed by atoms with Crippen molar-refractivity contribution < 1.29 is 13.2 Å². The van der Waals surface area contributed by atoms with E-state index in [1.807, 2.05) is 30.3 Å². The molecule has 0 spiro atoms. The third-order valence-electron chi connectivity index (χ3n) is 3.45. The molecule has 1 saturated heterocycles. The molecular weight excluding hydrogens is 262 g/mol. The molecule has 1 heterocycles. The summed E-state index contributed by atoms with van der Waals surface area (Å²) in [7, 11) is -3.36. The summed E-state index contributed by atoms with van der Waals surface area (Å²) in [4.78, 5) is 0. The van der Waals surface area contributed by atoms with Crippen LogP contribution in [-0.4, -0.2) is 21.6 Å². The number of hydrogen-bond acceptors (Lipinski definition) is 3. The van der Waals surface area contributed by atoms with Crippen LogP contribution in [0.3, 0.4) is 0 Å². The summed E-state index contributed by atoms with van der Waals surface area (Å²) < 4.78 is 31.1. The lowest BCUT2D eigenvalue weighted by Crippen LogP contribution is -2.32. The van der Waals surface area contributed by atoms with Crippen LogP contribution in [0.4, 0.5) is 0 Å². The third-order valence-corrected chi connectivity index (χ3v) is 4.50. The monoisotopic (exact) mass is 281 g/mol. The van der Waals surface area contributed by atoms with Crippen LogP contribution in [0.5, 0.6) is 0 Å². The number of sulfonamides is 1. The van der Waals surface area contributed by atoms with E-state index in [2.05, 4.69) is 11.3 Å². The largest absolute Gasteiger partial charge is 0.370 e. The molecule has 1 aliphatic rings. The molecule has 1 aromatic carbocycles. The second kappa shape index (κ2) is 5.86. The summed E-state index contributed by atoms with van der Waals surface area (Å²) >= 11 is 0. The van der Waals surface area contributed by atoms with E-state index in [1.54, 1.807) is 0 Å². The fourth-order valence-corrected chi connectivity index (χ4v) is 2.97. The highest BCUT2D eigenvalue weighted by atomic mass is 32.2. The van der Waals surface area contributed by atoms with Gasteiger partial charge in [0.25, 0.3) is 0 Å². The Morgan fingerprint density at radius 1 is 1.37 bits per heavy atom. The molecule has 1 aliphatic heterocycles. The van der Waals surface area contributed by atoms with Crippen molar-refractivity contribution in [2.24, 2.45) is 0 Å². The zero-order valence-corrected chi connectivity index (χ0v) is 11.7. The molecule has 0 amide bonds. The minimum atomic E-state index is -3.36. The van der Waals surface area contributed by atoms with E-state index in [9.17, 15) is 8.42 Å². The maximum absolute atomic E-state index is 11.3. The Hall–Kier alpha value is -1.17. The second-order valence-electron chi connectivity index (χ2n) is 4.67. The minimum absolute atomic E-state index is 0.350. The van der Waals surface area contributed by atoms with Crippen LogP contribution in [0.25, 0.3) is 0 Å². The average molecular weight is 281 g/mol. The first-order valence-corrected chi connectivity index (χ1v) is 7.94. The average Bonchev–Trinajstić information content (AvgIpc) is 2.90. The van der Waals surface area contributed by atoms with Gasteiger partial charge in [0, 0.05) is 18.6 Å². The van der Waals surface area contributed by atoms with Crippen LogP contribution in [0.2, 0.25) is 0 Å². The van der Waals surface area contributed by atoms with E-state index in [0.29, 0.717) is 13.0 Å². The van der Waals surface area contributed by atoms with Crippen molar-refractivity contribution in [3.8, 4) is 0 Å². The van der Waals surface area contributed by atoms with Gasteiger partial charge in [-0.2, -0.15) is 0 Å². The topological polar surface area (TPSA) is 55.4 Å². The molecule has 104 valence electrons. The summed E-state index contributed by atoms with van der Waals surface area (Å²) in [6, 6.07) is 9.99. The van der Waals surface area contributed by atoms with Crippen LogP contribution in [0, 0.1) is 0 Å². The zero-order chi connectivity index (χ0) is 13.8. The number of benzene rings is 1. The first-order chi connectivity index (χ1) is 9.08. The summed E-state index contributed by atoms with van der Waals surface area (Å²) in [6.45, 7) is 4.35. The van der Waals surface area contributed by atoms with Gasteiger partial charge in [-0.1, -0.05) is 36.9 Å². The number of nitrogens with one attached hydrogen (secondary N) is 1. The normalized spacial score (nSPS) is 23.4. The Morgan fingerprint density at radius 3 is 2.68 bits per heavy atom. The molecule has 0 bridgehead atoms. The molecule has 0 aliphatic carbocycles. The van der Waals surface area contributed by atoms with Crippen molar-refractivity contribution in [1.82, 2.24) is 4.72 Å². The highest BCUT2D eigenvalue weighted by molar-refractivity contribution is 7.92.